The second kappa shape index (κ2) is 6.95. The largest absolute Gasteiger partial charge is 0.481 e. The van der Waals surface area contributed by atoms with E-state index >= 15 is 0 Å². The topological polar surface area (TPSA) is 82.5 Å². The summed E-state index contributed by atoms with van der Waals surface area (Å²) in [6.07, 6.45) is 2.12. The lowest BCUT2D eigenvalue weighted by atomic mass is 10.2. The standard InChI is InChI=1S/C11H17N3O3S/c1-8(2)14(6-3-4-9(15)16)11(17)13-10-12-5-7-18-10/h5,7-8H,3-4,6H2,1-2H3,(H,15,16)(H,12,13,17). The number of hydrogen-bond donors (Lipinski definition) is 2. The highest BCUT2D eigenvalue weighted by Gasteiger charge is 2.17. The number of anilines is 1. The first kappa shape index (κ1) is 14.4. The van der Waals surface area contributed by atoms with E-state index < -0.39 is 5.97 Å². The van der Waals surface area contributed by atoms with Crippen LogP contribution in [0.2, 0.25) is 0 Å². The highest BCUT2D eigenvalue weighted by molar-refractivity contribution is 7.13. The summed E-state index contributed by atoms with van der Waals surface area (Å²) in [6, 6.07) is -0.232. The van der Waals surface area contributed by atoms with Crippen molar-refractivity contribution in [3.63, 3.8) is 0 Å². The van der Waals surface area contributed by atoms with Crippen LogP contribution in [0, 0.1) is 0 Å². The van der Waals surface area contributed by atoms with Crippen LogP contribution in [0.5, 0.6) is 0 Å². The predicted octanol–water partition coefficient (Wildman–Crippen LogP) is 2.25. The van der Waals surface area contributed by atoms with Crippen molar-refractivity contribution >= 4 is 28.5 Å². The quantitative estimate of drug-likeness (QED) is 0.831. The molecule has 0 saturated carbocycles. The third kappa shape index (κ3) is 4.70. The molecule has 6 nitrogen and oxygen atoms in total. The molecule has 0 unspecified atom stereocenters. The summed E-state index contributed by atoms with van der Waals surface area (Å²) in [5.41, 5.74) is 0. The van der Waals surface area contributed by atoms with E-state index in [0.29, 0.717) is 18.1 Å². The summed E-state index contributed by atoms with van der Waals surface area (Å²) in [6.45, 7) is 4.20. The average molecular weight is 271 g/mol. The van der Waals surface area contributed by atoms with Crippen LogP contribution in [0.25, 0.3) is 0 Å². The molecule has 1 aromatic heterocycles. The SMILES string of the molecule is CC(C)N(CCCC(=O)O)C(=O)Nc1nccs1. The Kier molecular flexibility index (Phi) is 5.57. The van der Waals surface area contributed by atoms with Crippen LogP contribution in [0.1, 0.15) is 26.7 Å². The number of aliphatic carboxylic acids is 1. The Hall–Kier alpha value is -1.63. The van der Waals surface area contributed by atoms with Crippen LogP contribution in [0.4, 0.5) is 9.93 Å². The molecule has 100 valence electrons. The monoisotopic (exact) mass is 271 g/mol. The summed E-state index contributed by atoms with van der Waals surface area (Å²) in [7, 11) is 0. The van der Waals surface area contributed by atoms with Crippen molar-refractivity contribution in [3.8, 4) is 0 Å². The second-order valence-electron chi connectivity index (χ2n) is 4.05. The molecule has 0 bridgehead atoms. The molecular formula is C11H17N3O3S. The zero-order valence-electron chi connectivity index (χ0n) is 10.4. The minimum Gasteiger partial charge on any atom is -0.481 e. The van der Waals surface area contributed by atoms with Crippen molar-refractivity contribution in [3.05, 3.63) is 11.6 Å². The molecule has 1 rings (SSSR count). The Morgan fingerprint density at radius 2 is 2.28 bits per heavy atom. The molecule has 0 spiro atoms. The second-order valence-corrected chi connectivity index (χ2v) is 4.95. The molecule has 1 heterocycles. The van der Waals surface area contributed by atoms with Gasteiger partial charge in [0.05, 0.1) is 0 Å². The number of nitrogens with zero attached hydrogens (tertiary/aromatic N) is 2. The molecule has 0 aliphatic rings. The summed E-state index contributed by atoms with van der Waals surface area (Å²) >= 11 is 1.35. The van der Waals surface area contributed by atoms with E-state index in [1.54, 1.807) is 16.5 Å². The fourth-order valence-corrected chi connectivity index (χ4v) is 1.96. The Morgan fingerprint density at radius 1 is 1.56 bits per heavy atom. The molecular weight excluding hydrogens is 254 g/mol. The van der Waals surface area contributed by atoms with E-state index in [9.17, 15) is 9.59 Å². The van der Waals surface area contributed by atoms with Gasteiger partial charge in [0.15, 0.2) is 5.13 Å². The maximum Gasteiger partial charge on any atom is 0.323 e. The van der Waals surface area contributed by atoms with Gasteiger partial charge in [-0.25, -0.2) is 9.78 Å². The molecule has 0 aliphatic heterocycles. The Bertz CT molecular complexity index is 392. The van der Waals surface area contributed by atoms with E-state index in [1.165, 1.54) is 11.3 Å². The minimum absolute atomic E-state index is 0.0127. The Labute approximate surface area is 110 Å². The zero-order valence-corrected chi connectivity index (χ0v) is 11.2. The van der Waals surface area contributed by atoms with Gasteiger partial charge in [0.25, 0.3) is 0 Å². The Balaban J connectivity index is 2.50. The smallest absolute Gasteiger partial charge is 0.323 e. The molecule has 2 amide bonds. The first-order valence-electron chi connectivity index (χ1n) is 5.69. The fraction of sp³-hybridized carbons (Fsp3) is 0.545. The number of carbonyl (C=O) groups excluding carboxylic acids is 1. The number of rotatable bonds is 6. The number of amides is 2. The fourth-order valence-electron chi connectivity index (χ4n) is 1.44. The third-order valence-corrected chi connectivity index (χ3v) is 3.01. The molecule has 0 saturated heterocycles. The predicted molar refractivity (Wildman–Crippen MR) is 69.8 cm³/mol. The Morgan fingerprint density at radius 3 is 2.78 bits per heavy atom. The van der Waals surface area contributed by atoms with E-state index in [-0.39, 0.29) is 18.5 Å². The number of carboxylic acid groups (broad SMARTS) is 1. The molecule has 0 aliphatic carbocycles. The maximum atomic E-state index is 12.0. The zero-order chi connectivity index (χ0) is 13.5. The van der Waals surface area contributed by atoms with Crippen molar-refractivity contribution in [1.29, 1.82) is 0 Å². The first-order valence-corrected chi connectivity index (χ1v) is 6.57. The van der Waals surface area contributed by atoms with Crippen molar-refractivity contribution in [2.75, 3.05) is 11.9 Å². The number of carbonyl (C=O) groups is 2. The summed E-state index contributed by atoms with van der Waals surface area (Å²) < 4.78 is 0. The molecule has 2 N–H and O–H groups in total. The van der Waals surface area contributed by atoms with Gasteiger partial charge in [0.2, 0.25) is 0 Å². The third-order valence-electron chi connectivity index (χ3n) is 2.32. The molecule has 0 fully saturated rings. The lowest BCUT2D eigenvalue weighted by Crippen LogP contribution is -2.40. The number of aromatic nitrogens is 1. The molecule has 0 aromatic carbocycles. The van der Waals surface area contributed by atoms with Gasteiger partial charge in [0, 0.05) is 30.6 Å². The number of hydrogen-bond acceptors (Lipinski definition) is 4. The number of thiazole rings is 1. The average Bonchev–Trinajstić information content (AvgIpc) is 2.75. The van der Waals surface area contributed by atoms with Crippen molar-refractivity contribution < 1.29 is 14.7 Å². The van der Waals surface area contributed by atoms with Crippen LogP contribution in [-0.2, 0) is 4.79 Å². The lowest BCUT2D eigenvalue weighted by molar-refractivity contribution is -0.137. The van der Waals surface area contributed by atoms with Crippen molar-refractivity contribution in [1.82, 2.24) is 9.88 Å². The van der Waals surface area contributed by atoms with Crippen molar-refractivity contribution in [2.45, 2.75) is 32.7 Å². The summed E-state index contributed by atoms with van der Waals surface area (Å²) in [5.74, 6) is -0.848. The van der Waals surface area contributed by atoms with Gasteiger partial charge in [-0.2, -0.15) is 0 Å². The van der Waals surface area contributed by atoms with Crippen LogP contribution in [0.3, 0.4) is 0 Å². The molecule has 18 heavy (non-hydrogen) atoms. The van der Waals surface area contributed by atoms with E-state index in [0.717, 1.165) is 0 Å². The van der Waals surface area contributed by atoms with Gasteiger partial charge >= 0.3 is 12.0 Å². The molecule has 7 heteroatoms. The first-order chi connectivity index (χ1) is 8.50. The van der Waals surface area contributed by atoms with Gasteiger partial charge in [-0.05, 0) is 20.3 Å². The molecule has 0 radical (unpaired) electrons. The number of carboxylic acids is 1. The van der Waals surface area contributed by atoms with Gasteiger partial charge in [-0.15, -0.1) is 11.3 Å². The summed E-state index contributed by atoms with van der Waals surface area (Å²) in [4.78, 5) is 28.0. The maximum absolute atomic E-state index is 12.0. The minimum atomic E-state index is -0.848. The summed E-state index contributed by atoms with van der Waals surface area (Å²) in [5, 5.41) is 13.6. The molecule has 1 aromatic rings. The van der Waals surface area contributed by atoms with Crippen LogP contribution >= 0.6 is 11.3 Å². The van der Waals surface area contributed by atoms with Crippen molar-refractivity contribution in [2.24, 2.45) is 0 Å². The van der Waals surface area contributed by atoms with E-state index in [2.05, 4.69) is 10.3 Å². The molecule has 0 atom stereocenters. The number of nitrogens with one attached hydrogen (secondary N) is 1. The van der Waals surface area contributed by atoms with Gasteiger partial charge in [-0.1, -0.05) is 0 Å². The van der Waals surface area contributed by atoms with E-state index in [1.807, 2.05) is 13.8 Å². The van der Waals surface area contributed by atoms with Gasteiger partial charge < -0.3 is 10.0 Å². The van der Waals surface area contributed by atoms with Crippen LogP contribution in [-0.4, -0.2) is 39.6 Å². The number of urea groups is 1. The highest BCUT2D eigenvalue weighted by atomic mass is 32.1. The van der Waals surface area contributed by atoms with E-state index in [4.69, 9.17) is 5.11 Å². The van der Waals surface area contributed by atoms with Gasteiger partial charge in [-0.3, -0.25) is 10.1 Å². The highest BCUT2D eigenvalue weighted by Crippen LogP contribution is 2.12. The van der Waals surface area contributed by atoms with Crippen LogP contribution < -0.4 is 5.32 Å². The van der Waals surface area contributed by atoms with Crippen LogP contribution in [0.15, 0.2) is 11.6 Å². The lowest BCUT2D eigenvalue weighted by Gasteiger charge is -2.26. The van der Waals surface area contributed by atoms with Gasteiger partial charge in [0.1, 0.15) is 0 Å². The normalized spacial score (nSPS) is 10.4.